The smallest absolute Gasteiger partial charge is 0.223 e. The van der Waals surface area contributed by atoms with Gasteiger partial charge in [0.1, 0.15) is 5.82 Å². The predicted molar refractivity (Wildman–Crippen MR) is 120 cm³/mol. The number of hydrogen-bond acceptors (Lipinski definition) is 2. The number of carbonyl (C=O) groups excluding carboxylic acids is 1. The Labute approximate surface area is 177 Å². The molecule has 4 heteroatoms. The fourth-order valence-corrected chi connectivity index (χ4v) is 4.44. The number of carbonyl (C=O) groups is 1. The van der Waals surface area contributed by atoms with Crippen molar-refractivity contribution in [3.63, 3.8) is 0 Å². The van der Waals surface area contributed by atoms with E-state index < -0.39 is 0 Å². The summed E-state index contributed by atoms with van der Waals surface area (Å²) in [7, 11) is 0. The van der Waals surface area contributed by atoms with Crippen LogP contribution in [0.2, 0.25) is 0 Å². The molecule has 0 bridgehead atoms. The van der Waals surface area contributed by atoms with Gasteiger partial charge in [-0.1, -0.05) is 54.6 Å². The van der Waals surface area contributed by atoms with Crippen LogP contribution in [0.25, 0.3) is 10.8 Å². The maximum absolute atomic E-state index is 13.7. The molecule has 0 saturated carbocycles. The number of nitrogens with one attached hydrogen (secondary N) is 1. The molecular weight excluding hydrogens is 375 g/mol. The minimum Gasteiger partial charge on any atom is -0.352 e. The molecule has 1 heterocycles. The maximum atomic E-state index is 13.7. The lowest BCUT2D eigenvalue weighted by atomic mass is 9.92. The topological polar surface area (TPSA) is 32.3 Å². The Hall–Kier alpha value is -2.72. The van der Waals surface area contributed by atoms with Gasteiger partial charge in [-0.05, 0) is 73.3 Å². The molecule has 1 unspecified atom stereocenters. The number of piperidine rings is 1. The van der Waals surface area contributed by atoms with Crippen molar-refractivity contribution >= 4 is 16.7 Å². The van der Waals surface area contributed by atoms with Crippen molar-refractivity contribution in [2.24, 2.45) is 5.92 Å². The van der Waals surface area contributed by atoms with E-state index in [9.17, 15) is 9.18 Å². The van der Waals surface area contributed by atoms with Gasteiger partial charge in [0.15, 0.2) is 0 Å². The molecule has 1 fully saturated rings. The lowest BCUT2D eigenvalue weighted by molar-refractivity contribution is -0.126. The van der Waals surface area contributed by atoms with Gasteiger partial charge in [-0.25, -0.2) is 4.39 Å². The van der Waals surface area contributed by atoms with Crippen molar-refractivity contribution in [3.05, 3.63) is 83.2 Å². The molecule has 156 valence electrons. The van der Waals surface area contributed by atoms with E-state index in [0.29, 0.717) is 18.2 Å². The Morgan fingerprint density at radius 2 is 1.83 bits per heavy atom. The van der Waals surface area contributed by atoms with Crippen molar-refractivity contribution in [1.29, 1.82) is 0 Å². The van der Waals surface area contributed by atoms with Gasteiger partial charge >= 0.3 is 0 Å². The number of benzene rings is 3. The molecule has 3 aromatic rings. The number of rotatable bonds is 5. The summed E-state index contributed by atoms with van der Waals surface area (Å²) in [6, 6.07) is 20.5. The van der Waals surface area contributed by atoms with Crippen LogP contribution in [-0.4, -0.2) is 23.9 Å². The number of halogens is 1. The Bertz CT molecular complexity index is 1030. The summed E-state index contributed by atoms with van der Waals surface area (Å²) in [6.45, 7) is 6.19. The molecule has 1 N–H and O–H groups in total. The summed E-state index contributed by atoms with van der Waals surface area (Å²) in [6.07, 6.45) is 1.70. The summed E-state index contributed by atoms with van der Waals surface area (Å²) >= 11 is 0. The molecule has 1 aliphatic heterocycles. The number of likely N-dealkylation sites (tertiary alicyclic amines) is 1. The van der Waals surface area contributed by atoms with Gasteiger partial charge in [-0.2, -0.15) is 0 Å². The Kier molecular flexibility index (Phi) is 6.14. The molecular formula is C26H29FN2O. The number of fused-ring (bicyclic) bond motifs is 1. The third-order valence-electron chi connectivity index (χ3n) is 6.42. The maximum Gasteiger partial charge on any atom is 0.223 e. The molecule has 0 radical (unpaired) electrons. The van der Waals surface area contributed by atoms with Crippen molar-refractivity contribution in [2.75, 3.05) is 13.1 Å². The summed E-state index contributed by atoms with van der Waals surface area (Å²) in [5.41, 5.74) is 2.77. The highest BCUT2D eigenvalue weighted by Crippen LogP contribution is 2.31. The van der Waals surface area contributed by atoms with Crippen molar-refractivity contribution in [3.8, 4) is 0 Å². The van der Waals surface area contributed by atoms with E-state index in [0.717, 1.165) is 31.5 Å². The third-order valence-corrected chi connectivity index (χ3v) is 6.42. The molecule has 3 nitrogen and oxygen atoms in total. The van der Waals surface area contributed by atoms with Crippen LogP contribution < -0.4 is 5.32 Å². The van der Waals surface area contributed by atoms with Gasteiger partial charge in [-0.15, -0.1) is 0 Å². The van der Waals surface area contributed by atoms with Crippen LogP contribution in [0.3, 0.4) is 0 Å². The van der Waals surface area contributed by atoms with E-state index in [4.69, 9.17) is 0 Å². The van der Waals surface area contributed by atoms with Gasteiger partial charge in [0.2, 0.25) is 5.91 Å². The molecule has 1 amide bonds. The first-order valence-electron chi connectivity index (χ1n) is 10.8. The Morgan fingerprint density at radius 3 is 2.60 bits per heavy atom. The average molecular weight is 405 g/mol. The van der Waals surface area contributed by atoms with Crippen LogP contribution in [0.5, 0.6) is 0 Å². The SMILES string of the molecule is Cc1ccc(CNC(=O)C2CCN(C(C)c3cccc4ccccc34)CC2)cc1F. The summed E-state index contributed by atoms with van der Waals surface area (Å²) in [5.74, 6) is -0.123. The number of hydrogen-bond donors (Lipinski definition) is 1. The van der Waals surface area contributed by atoms with E-state index >= 15 is 0 Å². The van der Waals surface area contributed by atoms with Gasteiger partial charge in [-0.3, -0.25) is 9.69 Å². The van der Waals surface area contributed by atoms with Crippen molar-refractivity contribution < 1.29 is 9.18 Å². The van der Waals surface area contributed by atoms with Crippen molar-refractivity contribution in [2.45, 2.75) is 39.3 Å². The quantitative estimate of drug-likeness (QED) is 0.619. The molecule has 4 rings (SSSR count). The van der Waals surface area contributed by atoms with Crippen molar-refractivity contribution in [1.82, 2.24) is 10.2 Å². The first kappa shape index (κ1) is 20.5. The second-order valence-corrected chi connectivity index (χ2v) is 8.36. The highest BCUT2D eigenvalue weighted by molar-refractivity contribution is 5.86. The molecule has 0 aliphatic carbocycles. The van der Waals surface area contributed by atoms with Crippen LogP contribution in [0.1, 0.15) is 42.5 Å². The first-order valence-corrected chi connectivity index (χ1v) is 10.8. The second kappa shape index (κ2) is 8.97. The zero-order valence-corrected chi connectivity index (χ0v) is 17.7. The minimum absolute atomic E-state index is 0.0243. The van der Waals surface area contributed by atoms with Gasteiger partial charge < -0.3 is 5.32 Å². The van der Waals surface area contributed by atoms with Gasteiger partial charge in [0.05, 0.1) is 0 Å². The molecule has 30 heavy (non-hydrogen) atoms. The Balaban J connectivity index is 1.34. The number of aryl methyl sites for hydroxylation is 1. The highest BCUT2D eigenvalue weighted by atomic mass is 19.1. The van der Waals surface area contributed by atoms with E-state index in [1.165, 1.54) is 22.4 Å². The predicted octanol–water partition coefficient (Wildman–Crippen LogP) is 5.38. The monoisotopic (exact) mass is 404 g/mol. The van der Waals surface area contributed by atoms with E-state index in [1.807, 2.05) is 6.07 Å². The molecule has 0 spiro atoms. The van der Waals surface area contributed by atoms with E-state index in [-0.39, 0.29) is 17.6 Å². The molecule has 0 aromatic heterocycles. The van der Waals surface area contributed by atoms with Crippen LogP contribution in [-0.2, 0) is 11.3 Å². The Morgan fingerprint density at radius 1 is 1.10 bits per heavy atom. The van der Waals surface area contributed by atoms with E-state index in [1.54, 1.807) is 13.0 Å². The average Bonchev–Trinajstić information content (AvgIpc) is 2.79. The second-order valence-electron chi connectivity index (χ2n) is 8.36. The van der Waals surface area contributed by atoms with Crippen LogP contribution in [0, 0.1) is 18.7 Å². The highest BCUT2D eigenvalue weighted by Gasteiger charge is 2.28. The number of amides is 1. The van der Waals surface area contributed by atoms with Crippen LogP contribution in [0.4, 0.5) is 4.39 Å². The minimum atomic E-state index is -0.225. The molecule has 1 saturated heterocycles. The summed E-state index contributed by atoms with van der Waals surface area (Å²) in [4.78, 5) is 15.1. The number of nitrogens with zero attached hydrogens (tertiary/aromatic N) is 1. The zero-order chi connectivity index (χ0) is 21.1. The molecule has 1 aliphatic rings. The normalized spacial score (nSPS) is 16.5. The fraction of sp³-hybridized carbons (Fsp3) is 0.346. The fourth-order valence-electron chi connectivity index (χ4n) is 4.44. The summed E-state index contributed by atoms with van der Waals surface area (Å²) < 4.78 is 13.7. The molecule has 3 aromatic carbocycles. The first-order chi connectivity index (χ1) is 14.5. The standard InChI is InChI=1S/C26H29FN2O/c1-18-10-11-20(16-25(18)27)17-28-26(30)22-12-14-29(15-13-22)19(2)23-9-5-7-21-6-3-4-8-24(21)23/h3-11,16,19,22H,12-15,17H2,1-2H3,(H,28,30). The third kappa shape index (κ3) is 4.39. The van der Waals surface area contributed by atoms with Crippen LogP contribution in [0.15, 0.2) is 60.7 Å². The summed E-state index contributed by atoms with van der Waals surface area (Å²) in [5, 5.41) is 5.56. The zero-order valence-electron chi connectivity index (χ0n) is 17.7. The van der Waals surface area contributed by atoms with Crippen LogP contribution >= 0.6 is 0 Å². The van der Waals surface area contributed by atoms with Gasteiger partial charge in [0.25, 0.3) is 0 Å². The lowest BCUT2D eigenvalue weighted by Crippen LogP contribution is -2.41. The van der Waals surface area contributed by atoms with E-state index in [2.05, 4.69) is 59.6 Å². The molecule has 1 atom stereocenters. The largest absolute Gasteiger partial charge is 0.352 e. The lowest BCUT2D eigenvalue weighted by Gasteiger charge is -2.36. The van der Waals surface area contributed by atoms with Gasteiger partial charge in [0, 0.05) is 18.5 Å².